The number of carbonyl (C=O) groups excluding carboxylic acids is 3. The number of nitrogens with one attached hydrogen (secondary N) is 2. The molecular weight excluding hydrogens is 1250 g/mol. The average Bonchev–Trinajstić information content (AvgIpc) is 1.09. The molecule has 0 radical (unpaired) electrons. The molecule has 518 valence electrons. The Bertz CT molecular complexity index is 3520. The van der Waals surface area contributed by atoms with Crippen molar-refractivity contribution in [1.82, 2.24) is 10.6 Å². The third-order valence-corrected chi connectivity index (χ3v) is 18.1. The van der Waals surface area contributed by atoms with Crippen molar-refractivity contribution in [1.29, 1.82) is 0 Å². The van der Waals surface area contributed by atoms with E-state index in [0.717, 1.165) is 0 Å². The zero-order valence-corrected chi connectivity index (χ0v) is 52.3. The van der Waals surface area contributed by atoms with E-state index in [1.54, 1.807) is 86.6 Å². The van der Waals surface area contributed by atoms with Crippen molar-refractivity contribution >= 4 is 45.7 Å². The summed E-state index contributed by atoms with van der Waals surface area (Å²) in [5.41, 5.74) is -0.575. The molecule has 0 bridgehead atoms. The van der Waals surface area contributed by atoms with Crippen molar-refractivity contribution in [3.05, 3.63) is 129 Å². The van der Waals surface area contributed by atoms with Gasteiger partial charge in [-0.2, -0.15) is 0 Å². The number of benzene rings is 3. The van der Waals surface area contributed by atoms with Gasteiger partial charge in [0.15, 0.2) is 37.2 Å². The second-order valence-corrected chi connectivity index (χ2v) is 24.6. The van der Waals surface area contributed by atoms with Gasteiger partial charge in [0.25, 0.3) is 0 Å². The summed E-state index contributed by atoms with van der Waals surface area (Å²) < 4.78 is 71.7. The molecule has 3 aromatic carbocycles. The van der Waals surface area contributed by atoms with Gasteiger partial charge in [0.2, 0.25) is 18.1 Å². The molecule has 5 heterocycles. The van der Waals surface area contributed by atoms with E-state index in [4.69, 9.17) is 56.2 Å². The lowest BCUT2D eigenvalue weighted by atomic mass is 9.75. The molecular formula is C66H82N2O27. The number of fused-ring (bicyclic) bond motifs is 2. The highest BCUT2D eigenvalue weighted by Gasteiger charge is 2.55. The van der Waals surface area contributed by atoms with E-state index in [1.807, 2.05) is 0 Å². The Balaban J connectivity index is 0.838. The Morgan fingerprint density at radius 3 is 1.76 bits per heavy atom. The molecule has 23 atom stereocenters. The van der Waals surface area contributed by atoms with Crippen LogP contribution in [-0.4, -0.2) is 212 Å². The Morgan fingerprint density at radius 1 is 0.579 bits per heavy atom. The normalized spacial score (nSPS) is 33.8. The number of amides is 2. The maximum atomic E-state index is 14.4. The molecule has 11 N–H and O–H groups in total. The van der Waals surface area contributed by atoms with Gasteiger partial charge in [0.1, 0.15) is 60.0 Å². The molecule has 95 heavy (non-hydrogen) atoms. The predicted molar refractivity (Wildman–Crippen MR) is 326 cm³/mol. The molecule has 5 aliphatic rings. The summed E-state index contributed by atoms with van der Waals surface area (Å²) in [7, 11) is 0. The van der Waals surface area contributed by atoms with Crippen LogP contribution in [0.2, 0.25) is 0 Å². The topological polar surface area (TPSA) is 427 Å². The molecule has 3 aliphatic heterocycles. The lowest BCUT2D eigenvalue weighted by Crippen LogP contribution is -2.62. The molecule has 3 saturated heterocycles. The number of esters is 1. The number of hydrogen-bond donors (Lipinski definition) is 11. The van der Waals surface area contributed by atoms with Crippen LogP contribution in [0.5, 0.6) is 0 Å². The van der Waals surface area contributed by atoms with Crippen molar-refractivity contribution in [3.63, 3.8) is 0 Å². The number of carboxylic acids is 1. The number of carbonyl (C=O) groups is 4. The Kier molecular flexibility index (Phi) is 24.0. The Labute approximate surface area is 543 Å². The second kappa shape index (κ2) is 32.1. The molecule has 0 spiro atoms. The fourth-order valence-electron chi connectivity index (χ4n) is 12.8. The van der Waals surface area contributed by atoms with Gasteiger partial charge in [-0.3, -0.25) is 9.59 Å². The van der Waals surface area contributed by atoms with E-state index in [2.05, 4.69) is 10.6 Å². The van der Waals surface area contributed by atoms with Crippen molar-refractivity contribution in [2.45, 2.75) is 202 Å². The fraction of sp³-hybridized carbons (Fsp3) is 0.576. The third kappa shape index (κ3) is 16.6. The maximum Gasteiger partial charge on any atom is 0.341 e. The molecule has 29 heteroatoms. The van der Waals surface area contributed by atoms with E-state index >= 15 is 0 Å². The zero-order valence-electron chi connectivity index (χ0n) is 52.3. The lowest BCUT2D eigenvalue weighted by molar-refractivity contribution is -0.329. The minimum Gasteiger partial charge on any atom is -0.479 e. The van der Waals surface area contributed by atoms with Crippen LogP contribution in [0, 0.1) is 17.8 Å². The molecule has 10 rings (SSSR count). The average molecular weight is 1340 g/mol. The van der Waals surface area contributed by atoms with Crippen LogP contribution in [0.25, 0.3) is 21.9 Å². The number of hydrogen-bond acceptors (Lipinski definition) is 26. The summed E-state index contributed by atoms with van der Waals surface area (Å²) in [5, 5.41) is 106. The van der Waals surface area contributed by atoms with Crippen LogP contribution >= 0.6 is 0 Å². The third-order valence-electron chi connectivity index (χ3n) is 18.1. The highest BCUT2D eigenvalue weighted by atomic mass is 16.8. The van der Waals surface area contributed by atoms with Gasteiger partial charge in [0.05, 0.1) is 67.0 Å². The second-order valence-electron chi connectivity index (χ2n) is 24.6. The minimum atomic E-state index is -1.91. The maximum absolute atomic E-state index is 14.4. The van der Waals surface area contributed by atoms with Gasteiger partial charge < -0.3 is 113 Å². The minimum absolute atomic E-state index is 0.00795. The zero-order chi connectivity index (χ0) is 67.8. The summed E-state index contributed by atoms with van der Waals surface area (Å²) in [4.78, 5) is 80.9. The lowest BCUT2D eigenvalue weighted by Gasteiger charge is -2.46. The fourth-order valence-corrected chi connectivity index (χ4v) is 12.8. The van der Waals surface area contributed by atoms with Gasteiger partial charge in [-0.25, -0.2) is 19.2 Å². The molecule has 2 saturated carbocycles. The number of aliphatic carboxylic acids is 1. The first-order valence-electron chi connectivity index (χ1n) is 31.9. The van der Waals surface area contributed by atoms with Crippen molar-refractivity contribution < 1.29 is 121 Å². The van der Waals surface area contributed by atoms with Crippen LogP contribution in [0.1, 0.15) is 87.2 Å². The molecule has 5 fully saturated rings. The van der Waals surface area contributed by atoms with Crippen LogP contribution in [0.15, 0.2) is 109 Å². The smallest absolute Gasteiger partial charge is 0.341 e. The Morgan fingerprint density at radius 2 is 1.15 bits per heavy atom. The first kappa shape index (κ1) is 71.1. The monoisotopic (exact) mass is 1330 g/mol. The summed E-state index contributed by atoms with van der Waals surface area (Å²) in [5.74, 6) is -5.87. The molecule has 29 nitrogen and oxygen atoms in total. The first-order valence-corrected chi connectivity index (χ1v) is 31.9. The van der Waals surface area contributed by atoms with Crippen LogP contribution in [-0.2, 0) is 75.0 Å². The van der Waals surface area contributed by atoms with E-state index in [9.17, 15) is 74.7 Å². The van der Waals surface area contributed by atoms with E-state index in [1.165, 1.54) is 25.1 Å². The van der Waals surface area contributed by atoms with Crippen molar-refractivity contribution in [2.24, 2.45) is 17.8 Å². The summed E-state index contributed by atoms with van der Waals surface area (Å²) in [6, 6.07) is 24.4. The summed E-state index contributed by atoms with van der Waals surface area (Å²) in [6.07, 6.45) is -30.2. The van der Waals surface area contributed by atoms with Crippen LogP contribution < -0.4 is 21.9 Å². The van der Waals surface area contributed by atoms with Gasteiger partial charge in [-0.05, 0) is 81.3 Å². The first-order chi connectivity index (χ1) is 45.6. The number of rotatable bonds is 26. The van der Waals surface area contributed by atoms with E-state index in [-0.39, 0.29) is 68.5 Å². The van der Waals surface area contributed by atoms with E-state index in [0.29, 0.717) is 34.8 Å². The molecule has 2 amide bonds. The summed E-state index contributed by atoms with van der Waals surface area (Å²) in [6.45, 7) is 3.05. The predicted octanol–water partition coefficient (Wildman–Crippen LogP) is 0.770. The summed E-state index contributed by atoms with van der Waals surface area (Å²) >= 11 is 0. The molecule has 2 aromatic heterocycles. The molecule has 5 aromatic rings. The standard InChI is InChI=1S/C66H82N2O27/c1-4-13-42(59(78)79)87-55-56(93-60(80)33-14-7-6-8-15-33)66(95-63(55)83)91-45-27-36(22-32(5-2)53(45)94-64-51(74)50(73)47(70)31(3)86-64)57(76)67-20-21-68-58(77)37-25-43(84-29-38-23-34-16-9-11-18-40(34)88-61(38)81)48(71)44(26-37)90-65-52(75)54(49(72)46(28-69)92-65)85-30-39-24-35-17-10-12-19-41(35)89-62(39)82/h6-12,14-19,23-24,31-32,36-37,42-56,63-66,69-75,83H,4-5,13,20-22,25-30H2,1-3H3,(H,67,76)(H,68,77)(H,78,79)/t31?,32?,36?,37?,42-,43?,44+,45+,46?,47+,48?,49-,50?,51?,52?,53?,54?,55?,56?,63-,64-,65+,66+/m0/s1. The highest BCUT2D eigenvalue weighted by molar-refractivity contribution is 5.89. The van der Waals surface area contributed by atoms with Gasteiger partial charge in [-0.1, -0.05) is 81.3 Å². The number of carboxylic acid groups (broad SMARTS) is 1. The largest absolute Gasteiger partial charge is 0.479 e. The van der Waals surface area contributed by atoms with Crippen LogP contribution in [0.3, 0.4) is 0 Å². The van der Waals surface area contributed by atoms with Crippen molar-refractivity contribution in [3.8, 4) is 0 Å². The van der Waals surface area contributed by atoms with Gasteiger partial charge >= 0.3 is 23.2 Å². The van der Waals surface area contributed by atoms with Crippen molar-refractivity contribution in [2.75, 3.05) is 19.7 Å². The molecule has 2 aliphatic carbocycles. The van der Waals surface area contributed by atoms with E-state index < -0.39 is 189 Å². The van der Waals surface area contributed by atoms with Gasteiger partial charge in [-0.15, -0.1) is 0 Å². The number of aliphatic hydroxyl groups excluding tert-OH is 8. The quantitative estimate of drug-likeness (QED) is 0.0207. The number of aliphatic hydroxyl groups is 8. The highest BCUT2D eigenvalue weighted by Crippen LogP contribution is 2.41. The Hall–Kier alpha value is -6.72. The number of para-hydroxylation sites is 2. The van der Waals surface area contributed by atoms with Gasteiger partial charge in [0, 0.05) is 35.7 Å². The number of ether oxygens (including phenoxy) is 10. The SMILES string of the molecule is CCC[C@H](OC1C(OC(=O)c2ccccc2)[C@H](O[C@@H]2CC(C(=O)NCCNC(=O)C3CC(OCc4cc5ccccc5oc4=O)C(O)[C@H](O[C@@H]4OC(CO)[C@H](O)C(OCc5cc6ccccc6oc5=O)C4O)C3)CC(CC)C2O[C@@H]2OC(C)[C@@H](O)C(O)C2O)O[C@@H]1O)C(=O)O. The molecule has 14 unspecified atom stereocenters. The van der Waals surface area contributed by atoms with Crippen LogP contribution in [0.4, 0.5) is 0 Å².